The number of aryl methyl sites for hydroxylation is 1. The predicted octanol–water partition coefficient (Wildman–Crippen LogP) is 5.94. The third-order valence-corrected chi connectivity index (χ3v) is 6.63. The lowest BCUT2D eigenvalue weighted by Gasteiger charge is -2.46. The number of benzene rings is 2. The molecule has 202 valence electrons. The fraction of sp³-hybridized carbons (Fsp3) is 0.379. The van der Waals surface area contributed by atoms with Gasteiger partial charge in [-0.2, -0.15) is 0 Å². The van der Waals surface area contributed by atoms with Gasteiger partial charge in [0.25, 0.3) is 5.72 Å². The molecular weight excluding hydrogens is 490 g/mol. The molecule has 2 aliphatic heterocycles. The van der Waals surface area contributed by atoms with Crippen LogP contribution >= 0.6 is 0 Å². The predicted molar refractivity (Wildman–Crippen MR) is 143 cm³/mol. The second-order valence-corrected chi connectivity index (χ2v) is 9.65. The van der Waals surface area contributed by atoms with E-state index in [1.54, 1.807) is 32.2 Å². The first kappa shape index (κ1) is 27.3. The summed E-state index contributed by atoms with van der Waals surface area (Å²) in [5, 5.41) is 15.5. The van der Waals surface area contributed by atoms with Gasteiger partial charge in [-0.25, -0.2) is 13.8 Å². The first-order valence-corrected chi connectivity index (χ1v) is 12.7. The van der Waals surface area contributed by atoms with Crippen LogP contribution in [0.5, 0.6) is 5.75 Å². The van der Waals surface area contributed by atoms with Crippen LogP contribution in [0.25, 0.3) is 11.8 Å². The van der Waals surface area contributed by atoms with Crippen LogP contribution in [0, 0.1) is 18.6 Å². The molecule has 0 radical (unpaired) electrons. The molecule has 1 saturated heterocycles. The smallest absolute Gasteiger partial charge is 0.265 e. The summed E-state index contributed by atoms with van der Waals surface area (Å²) in [5.41, 5.74) is 0.594. The van der Waals surface area contributed by atoms with E-state index in [9.17, 15) is 13.9 Å². The molecule has 3 aromatic rings. The highest BCUT2D eigenvalue weighted by molar-refractivity contribution is 6.03. The monoisotopic (exact) mass is 524 g/mol. The van der Waals surface area contributed by atoms with Gasteiger partial charge in [0.1, 0.15) is 23.0 Å². The van der Waals surface area contributed by atoms with Crippen molar-refractivity contribution in [3.8, 4) is 11.4 Å². The van der Waals surface area contributed by atoms with E-state index in [2.05, 4.69) is 10.1 Å². The van der Waals surface area contributed by atoms with Crippen molar-refractivity contribution < 1.29 is 23.5 Å². The van der Waals surface area contributed by atoms with E-state index in [-0.39, 0.29) is 5.56 Å². The Labute approximate surface area is 222 Å². The maximum atomic E-state index is 14.2. The van der Waals surface area contributed by atoms with Gasteiger partial charge in [0, 0.05) is 24.4 Å². The Hall–Kier alpha value is -3.72. The van der Waals surface area contributed by atoms with E-state index >= 15 is 0 Å². The van der Waals surface area contributed by atoms with Crippen LogP contribution in [0.1, 0.15) is 57.4 Å². The molecule has 1 N–H and O–H groups in total. The molecule has 0 bridgehead atoms. The van der Waals surface area contributed by atoms with Gasteiger partial charge < -0.3 is 24.1 Å². The molecule has 1 aromatic heterocycles. The van der Waals surface area contributed by atoms with Gasteiger partial charge in [-0.1, -0.05) is 25.1 Å². The molecule has 2 aromatic carbocycles. The minimum atomic E-state index is -1.58. The molecule has 0 spiro atoms. The number of fused-ring (bicyclic) bond motifs is 1. The highest BCUT2D eigenvalue weighted by atomic mass is 19.1. The summed E-state index contributed by atoms with van der Waals surface area (Å²) in [4.78, 5) is 12.0. The Morgan fingerprint density at radius 2 is 1.84 bits per heavy atom. The van der Waals surface area contributed by atoms with Gasteiger partial charge in [-0.05, 0) is 75.1 Å². The number of halogens is 2. The maximum Gasteiger partial charge on any atom is 0.265 e. The first-order chi connectivity index (χ1) is 18.1. The molecule has 1 fully saturated rings. The Morgan fingerprint density at radius 1 is 1.13 bits per heavy atom. The van der Waals surface area contributed by atoms with Gasteiger partial charge in [0.2, 0.25) is 0 Å². The van der Waals surface area contributed by atoms with Crippen molar-refractivity contribution in [3.63, 3.8) is 0 Å². The molecule has 0 amide bonds. The second-order valence-electron chi connectivity index (χ2n) is 9.65. The topological polar surface area (TPSA) is 72.1 Å². The Balaban J connectivity index is 0.00000164. The van der Waals surface area contributed by atoms with Crippen LogP contribution in [-0.4, -0.2) is 44.6 Å². The van der Waals surface area contributed by atoms with Gasteiger partial charge in [-0.3, -0.25) is 0 Å². The summed E-state index contributed by atoms with van der Waals surface area (Å²) in [7, 11) is 1.62. The van der Waals surface area contributed by atoms with Crippen molar-refractivity contribution >= 4 is 11.9 Å². The quantitative estimate of drug-likeness (QED) is 0.447. The van der Waals surface area contributed by atoms with Gasteiger partial charge in [-0.15, -0.1) is 0 Å². The average molecular weight is 525 g/mol. The number of imidazole rings is 1. The molecule has 1 atom stereocenters. The molecule has 2 aliphatic rings. The highest BCUT2D eigenvalue weighted by Gasteiger charge is 2.59. The number of aliphatic hydroxyl groups is 1. The van der Waals surface area contributed by atoms with E-state index in [0.29, 0.717) is 18.1 Å². The minimum Gasteiger partial charge on any atom is -0.495 e. The number of oxime groups is 1. The van der Waals surface area contributed by atoms with Gasteiger partial charge in [0.15, 0.2) is 5.84 Å². The van der Waals surface area contributed by atoms with Crippen LogP contribution in [0.4, 0.5) is 8.78 Å². The largest absolute Gasteiger partial charge is 0.495 e. The number of ether oxygens (including phenoxy) is 1. The molecule has 0 saturated carbocycles. The maximum absolute atomic E-state index is 14.2. The highest BCUT2D eigenvalue weighted by Crippen LogP contribution is 2.47. The van der Waals surface area contributed by atoms with Gasteiger partial charge >= 0.3 is 0 Å². The Kier molecular flexibility index (Phi) is 7.60. The van der Waals surface area contributed by atoms with Gasteiger partial charge in [0.05, 0.1) is 24.8 Å². The molecule has 3 heterocycles. The number of nitrogens with zero attached hydrogens (tertiary/aromatic N) is 4. The van der Waals surface area contributed by atoms with Crippen molar-refractivity contribution in [2.45, 2.75) is 58.8 Å². The summed E-state index contributed by atoms with van der Waals surface area (Å²) in [6.45, 7) is 9.52. The molecule has 1 unspecified atom stereocenters. The van der Waals surface area contributed by atoms with Crippen molar-refractivity contribution in [3.05, 3.63) is 83.0 Å². The van der Waals surface area contributed by atoms with E-state index in [1.807, 2.05) is 55.8 Å². The summed E-state index contributed by atoms with van der Waals surface area (Å²) >= 11 is 0. The zero-order valence-corrected chi connectivity index (χ0v) is 22.6. The fourth-order valence-corrected chi connectivity index (χ4v) is 5.03. The van der Waals surface area contributed by atoms with E-state index in [0.717, 1.165) is 41.4 Å². The Morgan fingerprint density at radius 3 is 2.45 bits per heavy atom. The third kappa shape index (κ3) is 4.78. The molecule has 38 heavy (non-hydrogen) atoms. The lowest BCUT2D eigenvalue weighted by atomic mass is 9.83. The molecule has 5 rings (SSSR count). The zero-order valence-electron chi connectivity index (χ0n) is 22.6. The normalized spacial score (nSPS) is 19.9. The molecular formula is C29H34F2N4O3. The first-order valence-electron chi connectivity index (χ1n) is 12.7. The van der Waals surface area contributed by atoms with Crippen LogP contribution < -0.4 is 4.74 Å². The number of rotatable bonds is 5. The SMILES string of the molecule is CC.COc1cc(/C=C2\CCCN3C2=NOC3(c2cc(F)cc(F)c2)C(C)(C)O)ccc1-n1cnc(C)c1. The number of methoxy groups -OCH3 is 1. The average Bonchev–Trinajstić information content (AvgIpc) is 3.49. The van der Waals surface area contributed by atoms with Crippen molar-refractivity contribution in [1.29, 1.82) is 0 Å². The standard InChI is InChI=1S/C27H28F2N4O3.C2H6/c1-17-15-32(16-30-17)23-8-7-18(11-24(23)35-4)10-19-6-5-9-33-25(19)31-36-27(33,26(2,3)34)20-12-21(28)14-22(29)13-20;1-2/h7-8,10-16,34H,5-6,9H2,1-4H3;1-2H3/b19-10+;. The summed E-state index contributed by atoms with van der Waals surface area (Å²) < 4.78 is 35.9. The van der Waals surface area contributed by atoms with Crippen LogP contribution in [-0.2, 0) is 10.6 Å². The van der Waals surface area contributed by atoms with Crippen molar-refractivity contribution in [2.75, 3.05) is 13.7 Å². The Bertz CT molecular complexity index is 1360. The lowest BCUT2D eigenvalue weighted by Crippen LogP contribution is -2.60. The second kappa shape index (κ2) is 10.6. The molecule has 0 aliphatic carbocycles. The lowest BCUT2D eigenvalue weighted by molar-refractivity contribution is -0.220. The van der Waals surface area contributed by atoms with Crippen LogP contribution in [0.2, 0.25) is 0 Å². The third-order valence-electron chi connectivity index (χ3n) is 6.63. The molecule has 9 heteroatoms. The minimum absolute atomic E-state index is 0.161. The van der Waals surface area contributed by atoms with Crippen molar-refractivity contribution in [2.24, 2.45) is 5.16 Å². The number of hydrogen-bond acceptors (Lipinski definition) is 6. The van der Waals surface area contributed by atoms with E-state index in [4.69, 9.17) is 9.57 Å². The van der Waals surface area contributed by atoms with E-state index < -0.39 is 23.0 Å². The number of amidine groups is 1. The van der Waals surface area contributed by atoms with Crippen LogP contribution in [0.3, 0.4) is 0 Å². The zero-order chi connectivity index (χ0) is 27.7. The number of hydrogen-bond donors (Lipinski definition) is 1. The number of piperidine rings is 1. The summed E-state index contributed by atoms with van der Waals surface area (Å²) in [6.07, 6.45) is 7.12. The summed E-state index contributed by atoms with van der Waals surface area (Å²) in [5.74, 6) is -0.293. The fourth-order valence-electron chi connectivity index (χ4n) is 5.03. The van der Waals surface area contributed by atoms with Crippen molar-refractivity contribution in [1.82, 2.24) is 14.5 Å². The molecule has 7 nitrogen and oxygen atoms in total. The van der Waals surface area contributed by atoms with Crippen LogP contribution in [0.15, 0.2) is 59.7 Å². The van der Waals surface area contributed by atoms with E-state index in [1.165, 1.54) is 12.1 Å². The summed E-state index contributed by atoms with van der Waals surface area (Å²) in [6, 6.07) is 9.01. The number of aromatic nitrogens is 2.